The molecule has 136 valence electrons. The van der Waals surface area contributed by atoms with Gasteiger partial charge in [-0.05, 0) is 37.0 Å². The first-order valence-electron chi connectivity index (χ1n) is 7.97. The van der Waals surface area contributed by atoms with E-state index in [2.05, 4.69) is 20.1 Å². The van der Waals surface area contributed by atoms with Gasteiger partial charge in [-0.15, -0.1) is 0 Å². The topological polar surface area (TPSA) is 103 Å². The summed E-state index contributed by atoms with van der Waals surface area (Å²) in [4.78, 5) is 35.5. The van der Waals surface area contributed by atoms with Gasteiger partial charge in [-0.3, -0.25) is 0 Å². The number of carbonyl (C=O) groups is 3. The number of carbonyl (C=O) groups excluding carboxylic acids is 3. The van der Waals surface area contributed by atoms with Crippen LogP contribution < -0.4 is 10.6 Å². The third-order valence-electron chi connectivity index (χ3n) is 3.84. The van der Waals surface area contributed by atoms with Crippen LogP contribution in [0.5, 0.6) is 0 Å². The summed E-state index contributed by atoms with van der Waals surface area (Å²) in [5.41, 5.74) is 0.573. The van der Waals surface area contributed by atoms with Crippen LogP contribution in [0, 0.1) is 5.92 Å². The quantitative estimate of drug-likeness (QED) is 0.785. The Labute approximate surface area is 145 Å². The number of hydrogen-bond acceptors (Lipinski definition) is 6. The molecule has 0 bridgehead atoms. The fourth-order valence-corrected chi connectivity index (χ4v) is 2.55. The zero-order valence-corrected chi connectivity index (χ0v) is 14.3. The van der Waals surface area contributed by atoms with Gasteiger partial charge in [-0.25, -0.2) is 14.4 Å². The fraction of sp³-hybridized carbons (Fsp3) is 0.471. The van der Waals surface area contributed by atoms with Crippen LogP contribution in [0.1, 0.15) is 33.6 Å². The average Bonchev–Trinajstić information content (AvgIpc) is 2.65. The number of rotatable bonds is 5. The van der Waals surface area contributed by atoms with Crippen LogP contribution in [0.15, 0.2) is 18.2 Å². The third-order valence-corrected chi connectivity index (χ3v) is 3.84. The van der Waals surface area contributed by atoms with Crippen molar-refractivity contribution in [1.29, 1.82) is 0 Å². The maximum Gasteiger partial charge on any atom is 0.337 e. The molecule has 0 saturated carbocycles. The van der Waals surface area contributed by atoms with Crippen LogP contribution in [0.3, 0.4) is 0 Å². The number of urea groups is 1. The molecule has 8 heteroatoms. The molecule has 1 atom stereocenters. The first-order chi connectivity index (χ1) is 12.0. The van der Waals surface area contributed by atoms with Gasteiger partial charge in [-0.2, -0.15) is 0 Å². The highest BCUT2D eigenvalue weighted by molar-refractivity contribution is 5.99. The van der Waals surface area contributed by atoms with Crippen LogP contribution >= 0.6 is 0 Å². The van der Waals surface area contributed by atoms with E-state index in [0.29, 0.717) is 18.8 Å². The van der Waals surface area contributed by atoms with Crippen molar-refractivity contribution in [3.63, 3.8) is 0 Å². The van der Waals surface area contributed by atoms with Crippen molar-refractivity contribution in [3.8, 4) is 0 Å². The van der Waals surface area contributed by atoms with E-state index in [9.17, 15) is 14.4 Å². The SMILES string of the molecule is COC(=O)c1cc(NC(=O)NC[C@H]2CCCOC2)cc(C(=O)OC)c1. The van der Waals surface area contributed by atoms with Gasteiger partial charge in [0.05, 0.1) is 32.0 Å². The Bertz CT molecular complexity index is 606. The van der Waals surface area contributed by atoms with Crippen molar-refractivity contribution in [2.75, 3.05) is 39.3 Å². The van der Waals surface area contributed by atoms with Gasteiger partial charge in [0.2, 0.25) is 0 Å². The second-order valence-electron chi connectivity index (χ2n) is 5.70. The Morgan fingerprint density at radius 2 is 1.76 bits per heavy atom. The second kappa shape index (κ2) is 9.03. The number of benzene rings is 1. The zero-order chi connectivity index (χ0) is 18.2. The van der Waals surface area contributed by atoms with Crippen molar-refractivity contribution in [2.45, 2.75) is 12.8 Å². The van der Waals surface area contributed by atoms with Crippen LogP contribution in [0.25, 0.3) is 0 Å². The number of anilines is 1. The molecule has 0 spiro atoms. The molecule has 8 nitrogen and oxygen atoms in total. The highest BCUT2D eigenvalue weighted by Gasteiger charge is 2.17. The van der Waals surface area contributed by atoms with Gasteiger partial charge in [-0.1, -0.05) is 0 Å². The van der Waals surface area contributed by atoms with Gasteiger partial charge in [0.15, 0.2) is 0 Å². The molecule has 1 fully saturated rings. The highest BCUT2D eigenvalue weighted by Crippen LogP contribution is 2.17. The van der Waals surface area contributed by atoms with Crippen LogP contribution in [0.4, 0.5) is 10.5 Å². The molecule has 1 saturated heterocycles. The minimum absolute atomic E-state index is 0.140. The molecule has 0 unspecified atom stereocenters. The summed E-state index contributed by atoms with van der Waals surface area (Å²) in [6.07, 6.45) is 1.99. The van der Waals surface area contributed by atoms with Gasteiger partial charge in [0.25, 0.3) is 0 Å². The molecule has 0 aliphatic carbocycles. The van der Waals surface area contributed by atoms with E-state index >= 15 is 0 Å². The molecule has 1 aliphatic rings. The molecule has 0 radical (unpaired) electrons. The summed E-state index contributed by atoms with van der Waals surface area (Å²) in [6, 6.07) is 3.78. The lowest BCUT2D eigenvalue weighted by Crippen LogP contribution is -2.36. The van der Waals surface area contributed by atoms with E-state index < -0.39 is 18.0 Å². The van der Waals surface area contributed by atoms with Crippen molar-refractivity contribution >= 4 is 23.7 Å². The smallest absolute Gasteiger partial charge is 0.337 e. The minimum Gasteiger partial charge on any atom is -0.465 e. The number of methoxy groups -OCH3 is 2. The van der Waals surface area contributed by atoms with E-state index in [1.807, 2.05) is 0 Å². The fourth-order valence-electron chi connectivity index (χ4n) is 2.55. The Hall–Kier alpha value is -2.61. The van der Waals surface area contributed by atoms with Crippen LogP contribution in [-0.4, -0.2) is 51.9 Å². The Morgan fingerprint density at radius 1 is 1.12 bits per heavy atom. The molecule has 2 rings (SSSR count). The van der Waals surface area contributed by atoms with Gasteiger partial charge >= 0.3 is 18.0 Å². The predicted octanol–water partition coefficient (Wildman–Crippen LogP) is 1.81. The number of esters is 2. The minimum atomic E-state index is -0.617. The van der Waals surface area contributed by atoms with Gasteiger partial charge in [0, 0.05) is 18.8 Å². The summed E-state index contributed by atoms with van der Waals surface area (Å²) in [5, 5.41) is 5.38. The van der Waals surface area contributed by atoms with Crippen molar-refractivity contribution in [2.24, 2.45) is 5.92 Å². The van der Waals surface area contributed by atoms with E-state index in [1.165, 1.54) is 32.4 Å². The second-order valence-corrected chi connectivity index (χ2v) is 5.70. The van der Waals surface area contributed by atoms with E-state index in [1.54, 1.807) is 0 Å². The first-order valence-corrected chi connectivity index (χ1v) is 7.97. The summed E-state index contributed by atoms with van der Waals surface area (Å²) in [7, 11) is 2.47. The first kappa shape index (κ1) is 18.7. The number of hydrogen-bond donors (Lipinski definition) is 2. The highest BCUT2D eigenvalue weighted by atomic mass is 16.5. The third kappa shape index (κ3) is 5.46. The van der Waals surface area contributed by atoms with E-state index in [-0.39, 0.29) is 17.0 Å². The molecular formula is C17H22N2O6. The molecule has 0 aromatic heterocycles. The summed E-state index contributed by atoms with van der Waals surface area (Å²) in [5.74, 6) is -0.950. The molecule has 1 aromatic rings. The maximum absolute atomic E-state index is 12.1. The Morgan fingerprint density at radius 3 is 2.28 bits per heavy atom. The van der Waals surface area contributed by atoms with E-state index in [4.69, 9.17) is 4.74 Å². The van der Waals surface area contributed by atoms with Crippen molar-refractivity contribution < 1.29 is 28.6 Å². The molecule has 25 heavy (non-hydrogen) atoms. The molecule has 2 amide bonds. The molecular weight excluding hydrogens is 328 g/mol. The van der Waals surface area contributed by atoms with Gasteiger partial charge in [0.1, 0.15) is 0 Å². The van der Waals surface area contributed by atoms with Crippen LogP contribution in [0.2, 0.25) is 0 Å². The summed E-state index contributed by atoms with van der Waals surface area (Å²) < 4.78 is 14.7. The van der Waals surface area contributed by atoms with Crippen LogP contribution in [-0.2, 0) is 14.2 Å². The number of nitrogens with one attached hydrogen (secondary N) is 2. The lowest BCUT2D eigenvalue weighted by Gasteiger charge is -2.22. The largest absolute Gasteiger partial charge is 0.465 e. The van der Waals surface area contributed by atoms with Gasteiger partial charge < -0.3 is 24.8 Å². The summed E-state index contributed by atoms with van der Waals surface area (Å²) >= 11 is 0. The monoisotopic (exact) mass is 350 g/mol. The number of amides is 2. The number of ether oxygens (including phenoxy) is 3. The Kier molecular flexibility index (Phi) is 6.76. The maximum atomic E-state index is 12.1. The lowest BCUT2D eigenvalue weighted by atomic mass is 10.0. The lowest BCUT2D eigenvalue weighted by molar-refractivity contribution is 0.0559. The molecule has 1 heterocycles. The Balaban J connectivity index is 2.04. The summed E-state index contributed by atoms with van der Waals surface area (Å²) in [6.45, 7) is 1.89. The van der Waals surface area contributed by atoms with E-state index in [0.717, 1.165) is 19.4 Å². The molecule has 1 aliphatic heterocycles. The zero-order valence-electron chi connectivity index (χ0n) is 14.3. The normalized spacial score (nSPS) is 16.6. The standard InChI is InChI=1S/C17H22N2O6/c1-23-15(20)12-6-13(16(21)24-2)8-14(7-12)19-17(22)18-9-11-4-3-5-25-10-11/h6-8,11H,3-5,9-10H2,1-2H3,(H2,18,19,22)/t11-/m1/s1. The average molecular weight is 350 g/mol. The predicted molar refractivity (Wildman–Crippen MR) is 89.7 cm³/mol. The molecule has 2 N–H and O–H groups in total. The molecule has 1 aromatic carbocycles. The van der Waals surface area contributed by atoms with Crippen molar-refractivity contribution in [3.05, 3.63) is 29.3 Å². The van der Waals surface area contributed by atoms with Crippen molar-refractivity contribution in [1.82, 2.24) is 5.32 Å².